The van der Waals surface area contributed by atoms with E-state index in [-0.39, 0.29) is 11.2 Å². The van der Waals surface area contributed by atoms with E-state index in [0.717, 1.165) is 17.1 Å². The van der Waals surface area contributed by atoms with E-state index < -0.39 is 0 Å². The summed E-state index contributed by atoms with van der Waals surface area (Å²) in [6.45, 7) is 7.01. The maximum atomic E-state index is 11.6. The second kappa shape index (κ2) is 5.10. The Morgan fingerprint density at radius 1 is 1.47 bits per heavy atom. The van der Waals surface area contributed by atoms with Crippen LogP contribution in [0.5, 0.6) is 0 Å². The predicted octanol–water partition coefficient (Wildman–Crippen LogP) is 2.62. The average Bonchev–Trinajstić information content (AvgIpc) is 2.28. The van der Waals surface area contributed by atoms with Crippen molar-refractivity contribution in [3.05, 3.63) is 23.8 Å². The molecule has 2 N–H and O–H groups in total. The largest absolute Gasteiger partial charge is 0.324 e. The number of rotatable bonds is 3. The fourth-order valence-electron chi connectivity index (χ4n) is 1.69. The van der Waals surface area contributed by atoms with Crippen molar-refractivity contribution in [3.63, 3.8) is 0 Å². The van der Waals surface area contributed by atoms with E-state index >= 15 is 0 Å². The summed E-state index contributed by atoms with van der Waals surface area (Å²) in [5, 5.41) is 6.32. The Morgan fingerprint density at radius 3 is 2.94 bits per heavy atom. The first-order valence-corrected chi connectivity index (χ1v) is 6.78. The van der Waals surface area contributed by atoms with Crippen molar-refractivity contribution >= 4 is 23.4 Å². The average molecular weight is 250 g/mol. The molecular weight excluding hydrogens is 232 g/mol. The van der Waals surface area contributed by atoms with Gasteiger partial charge in [0.25, 0.3) is 0 Å². The summed E-state index contributed by atoms with van der Waals surface area (Å²) in [5.74, 6) is 0.0940. The molecule has 1 aromatic carbocycles. The molecule has 3 nitrogen and oxygen atoms in total. The summed E-state index contributed by atoms with van der Waals surface area (Å²) in [5.41, 5.74) is 2.15. The number of nitrogens with one attached hydrogen (secondary N) is 2. The molecule has 1 heterocycles. The lowest BCUT2D eigenvalue weighted by Gasteiger charge is -2.22. The van der Waals surface area contributed by atoms with Crippen LogP contribution in [0.2, 0.25) is 0 Å². The predicted molar refractivity (Wildman–Crippen MR) is 72.4 cm³/mol. The minimum Gasteiger partial charge on any atom is -0.324 e. The highest BCUT2D eigenvalue weighted by Gasteiger charge is 2.22. The topological polar surface area (TPSA) is 41.1 Å². The molecule has 1 aliphatic rings. The summed E-state index contributed by atoms with van der Waals surface area (Å²) in [7, 11) is 0. The molecule has 17 heavy (non-hydrogen) atoms. The molecule has 1 aliphatic heterocycles. The van der Waals surface area contributed by atoms with E-state index in [4.69, 9.17) is 0 Å². The van der Waals surface area contributed by atoms with Gasteiger partial charge in [-0.1, -0.05) is 19.9 Å². The summed E-state index contributed by atoms with van der Waals surface area (Å²) in [6.07, 6.45) is 0. The first-order valence-electron chi connectivity index (χ1n) is 5.90. The van der Waals surface area contributed by atoms with Crippen LogP contribution in [0, 0.1) is 0 Å². The molecule has 1 atom stereocenters. The van der Waals surface area contributed by atoms with Gasteiger partial charge >= 0.3 is 0 Å². The van der Waals surface area contributed by atoms with Crippen LogP contribution in [0.25, 0.3) is 0 Å². The van der Waals surface area contributed by atoms with Crippen LogP contribution in [0.3, 0.4) is 0 Å². The van der Waals surface area contributed by atoms with Crippen molar-refractivity contribution in [2.75, 3.05) is 5.32 Å². The van der Waals surface area contributed by atoms with Crippen molar-refractivity contribution in [1.29, 1.82) is 0 Å². The first kappa shape index (κ1) is 12.5. The van der Waals surface area contributed by atoms with Gasteiger partial charge in [0, 0.05) is 17.5 Å². The zero-order valence-corrected chi connectivity index (χ0v) is 11.2. The lowest BCUT2D eigenvalue weighted by molar-refractivity contribution is -0.115. The zero-order chi connectivity index (χ0) is 12.4. The maximum absolute atomic E-state index is 11.6. The molecule has 0 fully saturated rings. The fourth-order valence-corrected chi connectivity index (χ4v) is 2.62. The summed E-state index contributed by atoms with van der Waals surface area (Å²) >= 11 is 1.62. The third-order valence-corrected chi connectivity index (χ3v) is 3.87. The van der Waals surface area contributed by atoms with Crippen LogP contribution in [0.15, 0.2) is 23.1 Å². The zero-order valence-electron chi connectivity index (χ0n) is 10.4. The van der Waals surface area contributed by atoms with E-state index in [2.05, 4.69) is 42.7 Å². The van der Waals surface area contributed by atoms with Crippen LogP contribution in [-0.2, 0) is 11.3 Å². The number of hydrogen-bond acceptors (Lipinski definition) is 3. The van der Waals surface area contributed by atoms with Gasteiger partial charge in [-0.15, -0.1) is 11.8 Å². The van der Waals surface area contributed by atoms with E-state index in [1.807, 2.05) is 6.92 Å². The Morgan fingerprint density at radius 2 is 2.24 bits per heavy atom. The highest BCUT2D eigenvalue weighted by molar-refractivity contribution is 8.00. The molecule has 1 amide bonds. The molecular formula is C13H18N2OS. The fraction of sp³-hybridized carbons (Fsp3) is 0.462. The number of anilines is 1. The quantitative estimate of drug-likeness (QED) is 0.866. The van der Waals surface area contributed by atoms with E-state index in [9.17, 15) is 4.79 Å². The second-order valence-electron chi connectivity index (χ2n) is 4.62. The van der Waals surface area contributed by atoms with E-state index in [1.54, 1.807) is 11.8 Å². The van der Waals surface area contributed by atoms with Crippen LogP contribution < -0.4 is 10.6 Å². The first-order chi connectivity index (χ1) is 8.06. The Bertz CT molecular complexity index is 431. The number of benzene rings is 1. The lowest BCUT2D eigenvalue weighted by atomic mass is 10.2. The molecule has 4 heteroatoms. The van der Waals surface area contributed by atoms with Crippen molar-refractivity contribution in [3.8, 4) is 0 Å². The van der Waals surface area contributed by atoms with Crippen LogP contribution in [-0.4, -0.2) is 17.2 Å². The van der Waals surface area contributed by atoms with Crippen LogP contribution in [0.4, 0.5) is 5.69 Å². The molecule has 0 bridgehead atoms. The SMILES string of the molecule is CC(C)NCc1ccc2c(c1)NC(=O)C(C)S2. The Hall–Kier alpha value is -1.000. The van der Waals surface area contributed by atoms with Gasteiger partial charge in [0.1, 0.15) is 0 Å². The molecule has 0 saturated heterocycles. The smallest absolute Gasteiger partial charge is 0.237 e. The third-order valence-electron chi connectivity index (χ3n) is 2.69. The van der Waals surface area contributed by atoms with Crippen molar-refractivity contribution in [2.45, 2.75) is 43.5 Å². The molecule has 0 radical (unpaired) electrons. The standard InChI is InChI=1S/C13H18N2OS/c1-8(2)14-7-10-4-5-12-11(6-10)15-13(16)9(3)17-12/h4-6,8-9,14H,7H2,1-3H3,(H,15,16). The van der Waals surface area contributed by atoms with Gasteiger partial charge in [-0.2, -0.15) is 0 Å². The number of carbonyl (C=O) groups is 1. The molecule has 0 saturated carbocycles. The summed E-state index contributed by atoms with van der Waals surface area (Å²) in [6, 6.07) is 6.73. The van der Waals surface area contributed by atoms with E-state index in [0.29, 0.717) is 6.04 Å². The number of thioether (sulfide) groups is 1. The third kappa shape index (κ3) is 3.01. The van der Waals surface area contributed by atoms with Crippen LogP contribution >= 0.6 is 11.8 Å². The normalized spacial score (nSPS) is 19.1. The highest BCUT2D eigenvalue weighted by Crippen LogP contribution is 2.35. The Balaban J connectivity index is 2.14. The lowest BCUT2D eigenvalue weighted by Crippen LogP contribution is -2.27. The summed E-state index contributed by atoms with van der Waals surface area (Å²) in [4.78, 5) is 12.7. The minimum atomic E-state index is 0.00198. The molecule has 0 aromatic heterocycles. The van der Waals surface area contributed by atoms with Gasteiger partial charge < -0.3 is 10.6 Å². The van der Waals surface area contributed by atoms with Gasteiger partial charge in [-0.3, -0.25) is 4.79 Å². The Kier molecular flexibility index (Phi) is 3.74. The van der Waals surface area contributed by atoms with E-state index in [1.165, 1.54) is 5.56 Å². The Labute approximate surface area is 106 Å². The number of fused-ring (bicyclic) bond motifs is 1. The van der Waals surface area contributed by atoms with Crippen molar-refractivity contribution in [2.24, 2.45) is 0 Å². The number of carbonyl (C=O) groups excluding carboxylic acids is 1. The highest BCUT2D eigenvalue weighted by atomic mass is 32.2. The molecule has 1 aromatic rings. The monoisotopic (exact) mass is 250 g/mol. The van der Waals surface area contributed by atoms with Crippen LogP contribution in [0.1, 0.15) is 26.3 Å². The number of amides is 1. The van der Waals surface area contributed by atoms with Crippen molar-refractivity contribution in [1.82, 2.24) is 5.32 Å². The molecule has 2 rings (SSSR count). The summed E-state index contributed by atoms with van der Waals surface area (Å²) < 4.78 is 0. The van der Waals surface area contributed by atoms with Gasteiger partial charge in [-0.25, -0.2) is 0 Å². The second-order valence-corrected chi connectivity index (χ2v) is 6.00. The molecule has 1 unspecified atom stereocenters. The minimum absolute atomic E-state index is 0.00198. The maximum Gasteiger partial charge on any atom is 0.237 e. The van der Waals surface area contributed by atoms with Gasteiger partial charge in [-0.05, 0) is 24.6 Å². The molecule has 0 aliphatic carbocycles. The number of hydrogen-bond donors (Lipinski definition) is 2. The molecule has 0 spiro atoms. The van der Waals surface area contributed by atoms with Crippen molar-refractivity contribution < 1.29 is 4.79 Å². The van der Waals surface area contributed by atoms with Gasteiger partial charge in [0.2, 0.25) is 5.91 Å². The van der Waals surface area contributed by atoms with Gasteiger partial charge in [0.05, 0.1) is 10.9 Å². The van der Waals surface area contributed by atoms with Gasteiger partial charge in [0.15, 0.2) is 0 Å². The molecule has 92 valence electrons.